The number of aliphatic hydroxyl groups is 1. The number of carbonyl (C=O) groups is 1. The highest BCUT2D eigenvalue weighted by molar-refractivity contribution is 5.87. The fraction of sp³-hybridized carbons (Fsp3) is 0.0714. The summed E-state index contributed by atoms with van der Waals surface area (Å²) in [5.41, 5.74) is 0.127. The molecule has 0 aliphatic rings. The molecule has 0 saturated carbocycles. The number of aliphatic hydroxyl groups excluding tert-OH is 1. The van der Waals surface area contributed by atoms with Gasteiger partial charge in [-0.15, -0.1) is 0 Å². The van der Waals surface area contributed by atoms with Crippen LogP contribution in [0.5, 0.6) is 11.5 Å². The van der Waals surface area contributed by atoms with Gasteiger partial charge in [0, 0.05) is 0 Å². The van der Waals surface area contributed by atoms with Crippen molar-refractivity contribution in [3.63, 3.8) is 0 Å². The third kappa shape index (κ3) is 2.92. The molecule has 2 aromatic carbocycles. The first-order valence-electron chi connectivity index (χ1n) is 5.61. The predicted octanol–water partition coefficient (Wildman–Crippen LogP) is 2.95. The van der Waals surface area contributed by atoms with Crippen LogP contribution in [0.1, 0.15) is 15.9 Å². The van der Waals surface area contributed by atoms with Gasteiger partial charge in [0.1, 0.15) is 5.75 Å². The van der Waals surface area contributed by atoms with Gasteiger partial charge in [-0.05, 0) is 29.8 Å². The highest BCUT2D eigenvalue weighted by atomic mass is 19.1. The molecule has 0 fully saturated rings. The van der Waals surface area contributed by atoms with E-state index in [0.717, 1.165) is 0 Å². The van der Waals surface area contributed by atoms with Gasteiger partial charge >= 0.3 is 5.97 Å². The number of hydrogen-bond donors (Lipinski definition) is 2. The van der Waals surface area contributed by atoms with Crippen LogP contribution < -0.4 is 4.74 Å². The molecule has 0 amide bonds. The monoisotopic (exact) mass is 280 g/mol. The molecule has 20 heavy (non-hydrogen) atoms. The van der Waals surface area contributed by atoms with Gasteiger partial charge in [-0.2, -0.15) is 0 Å². The van der Waals surface area contributed by atoms with E-state index in [9.17, 15) is 13.6 Å². The van der Waals surface area contributed by atoms with E-state index in [1.54, 1.807) is 0 Å². The lowest BCUT2D eigenvalue weighted by Gasteiger charge is -2.09. The lowest BCUT2D eigenvalue weighted by Crippen LogP contribution is -2.01. The Morgan fingerprint density at radius 3 is 2.10 bits per heavy atom. The second-order valence-corrected chi connectivity index (χ2v) is 3.98. The molecule has 0 aromatic heterocycles. The molecule has 0 radical (unpaired) electrons. The molecule has 0 heterocycles. The van der Waals surface area contributed by atoms with E-state index in [-0.39, 0.29) is 12.4 Å². The van der Waals surface area contributed by atoms with Gasteiger partial charge in [0.2, 0.25) is 0 Å². The third-order valence-corrected chi connectivity index (χ3v) is 2.57. The van der Waals surface area contributed by atoms with Crippen LogP contribution in [0.4, 0.5) is 8.78 Å². The molecule has 6 heteroatoms. The Kier molecular flexibility index (Phi) is 3.95. The van der Waals surface area contributed by atoms with E-state index in [0.29, 0.717) is 17.7 Å². The maximum absolute atomic E-state index is 13.6. The van der Waals surface area contributed by atoms with Crippen molar-refractivity contribution in [3.8, 4) is 11.5 Å². The molecule has 2 aromatic rings. The van der Waals surface area contributed by atoms with Crippen LogP contribution in [0.25, 0.3) is 0 Å². The van der Waals surface area contributed by atoms with Crippen molar-refractivity contribution in [2.24, 2.45) is 0 Å². The van der Waals surface area contributed by atoms with Crippen molar-refractivity contribution in [2.75, 3.05) is 0 Å². The van der Waals surface area contributed by atoms with Gasteiger partial charge in [-0.25, -0.2) is 13.6 Å². The van der Waals surface area contributed by atoms with Crippen LogP contribution in [-0.4, -0.2) is 16.2 Å². The zero-order valence-corrected chi connectivity index (χ0v) is 10.1. The fourth-order valence-corrected chi connectivity index (χ4v) is 1.56. The minimum atomic E-state index is -1.43. The summed E-state index contributed by atoms with van der Waals surface area (Å²) in [5.74, 6) is -4.14. The minimum absolute atomic E-state index is 0.156. The van der Waals surface area contributed by atoms with Crippen molar-refractivity contribution in [2.45, 2.75) is 6.61 Å². The Morgan fingerprint density at radius 2 is 1.65 bits per heavy atom. The first kappa shape index (κ1) is 14.0. The van der Waals surface area contributed by atoms with E-state index in [1.807, 2.05) is 0 Å². The second kappa shape index (κ2) is 5.66. The van der Waals surface area contributed by atoms with E-state index >= 15 is 0 Å². The number of ether oxygens (including phenoxy) is 1. The first-order chi connectivity index (χ1) is 9.51. The van der Waals surface area contributed by atoms with Crippen LogP contribution in [0.15, 0.2) is 36.4 Å². The molecule has 0 spiro atoms. The molecule has 0 unspecified atom stereocenters. The van der Waals surface area contributed by atoms with Crippen LogP contribution in [0.3, 0.4) is 0 Å². The molecule has 2 N–H and O–H groups in total. The molecule has 4 nitrogen and oxygen atoms in total. The molecule has 0 aliphatic heterocycles. The molecule has 0 aliphatic carbocycles. The average molecular weight is 280 g/mol. The summed E-state index contributed by atoms with van der Waals surface area (Å²) in [6.45, 7) is -0.156. The summed E-state index contributed by atoms with van der Waals surface area (Å²) in [7, 11) is 0. The normalized spacial score (nSPS) is 10.3. The summed E-state index contributed by atoms with van der Waals surface area (Å²) < 4.78 is 32.3. The van der Waals surface area contributed by atoms with Crippen molar-refractivity contribution < 1.29 is 28.5 Å². The fourth-order valence-electron chi connectivity index (χ4n) is 1.56. The Bertz CT molecular complexity index is 615. The van der Waals surface area contributed by atoms with Crippen molar-refractivity contribution in [1.29, 1.82) is 0 Å². The lowest BCUT2D eigenvalue weighted by molar-refractivity contribution is 0.0695. The number of halogens is 2. The van der Waals surface area contributed by atoms with Gasteiger partial charge in [-0.3, -0.25) is 0 Å². The largest absolute Gasteiger partial charge is 0.478 e. The van der Waals surface area contributed by atoms with Crippen LogP contribution in [0.2, 0.25) is 0 Å². The maximum Gasteiger partial charge on any atom is 0.335 e. The average Bonchev–Trinajstić information content (AvgIpc) is 2.43. The summed E-state index contributed by atoms with van der Waals surface area (Å²) in [6, 6.07) is 7.32. The van der Waals surface area contributed by atoms with E-state index in [2.05, 4.69) is 0 Å². The van der Waals surface area contributed by atoms with Crippen molar-refractivity contribution in [1.82, 2.24) is 0 Å². The number of carboxylic acid groups (broad SMARTS) is 1. The number of hydrogen-bond acceptors (Lipinski definition) is 3. The Labute approximate surface area is 112 Å². The van der Waals surface area contributed by atoms with Crippen molar-refractivity contribution >= 4 is 5.97 Å². The quantitative estimate of drug-likeness (QED) is 0.903. The summed E-state index contributed by atoms with van der Waals surface area (Å²) in [5, 5.41) is 17.5. The van der Waals surface area contributed by atoms with Crippen molar-refractivity contribution in [3.05, 3.63) is 59.2 Å². The maximum atomic E-state index is 13.6. The smallest absolute Gasteiger partial charge is 0.335 e. The van der Waals surface area contributed by atoms with Crippen LogP contribution in [0, 0.1) is 11.6 Å². The predicted molar refractivity (Wildman–Crippen MR) is 65.8 cm³/mol. The third-order valence-electron chi connectivity index (χ3n) is 2.57. The first-order valence-corrected chi connectivity index (χ1v) is 5.61. The number of rotatable bonds is 4. The lowest BCUT2D eigenvalue weighted by atomic mass is 10.2. The zero-order chi connectivity index (χ0) is 14.7. The minimum Gasteiger partial charge on any atom is -0.478 e. The van der Waals surface area contributed by atoms with Gasteiger partial charge in [0.05, 0.1) is 12.2 Å². The Hall–Kier alpha value is -2.47. The standard InChI is InChI=1S/C14H10F2O4/c15-11-5-9(14(18)19)6-12(16)13(11)20-10-3-1-8(7-17)2-4-10/h1-6,17H,7H2,(H,18,19). The molecule has 0 bridgehead atoms. The summed E-state index contributed by atoms with van der Waals surface area (Å²) in [4.78, 5) is 10.6. The second-order valence-electron chi connectivity index (χ2n) is 3.98. The van der Waals surface area contributed by atoms with Crippen LogP contribution in [-0.2, 0) is 6.61 Å². The van der Waals surface area contributed by atoms with E-state index < -0.39 is 28.9 Å². The van der Waals surface area contributed by atoms with Gasteiger partial charge in [0.25, 0.3) is 0 Å². The molecule has 2 rings (SSSR count). The Morgan fingerprint density at radius 1 is 1.10 bits per heavy atom. The molecular weight excluding hydrogens is 270 g/mol. The molecule has 104 valence electrons. The number of carboxylic acids is 1. The molecular formula is C14H10F2O4. The SMILES string of the molecule is O=C(O)c1cc(F)c(Oc2ccc(CO)cc2)c(F)c1. The zero-order valence-electron chi connectivity index (χ0n) is 10.1. The van der Waals surface area contributed by atoms with Gasteiger partial charge in [-0.1, -0.05) is 12.1 Å². The highest BCUT2D eigenvalue weighted by Gasteiger charge is 2.16. The highest BCUT2D eigenvalue weighted by Crippen LogP contribution is 2.28. The number of aromatic carboxylic acids is 1. The Balaban J connectivity index is 2.30. The van der Waals surface area contributed by atoms with Gasteiger partial charge < -0.3 is 14.9 Å². The van der Waals surface area contributed by atoms with Crippen LogP contribution >= 0.6 is 0 Å². The topological polar surface area (TPSA) is 66.8 Å². The van der Waals surface area contributed by atoms with Gasteiger partial charge in [0.15, 0.2) is 17.4 Å². The summed E-state index contributed by atoms with van der Waals surface area (Å²) in [6.07, 6.45) is 0. The number of benzene rings is 2. The van der Waals surface area contributed by atoms with E-state index in [4.69, 9.17) is 14.9 Å². The summed E-state index contributed by atoms with van der Waals surface area (Å²) >= 11 is 0. The molecule has 0 atom stereocenters. The molecule has 0 saturated heterocycles. The van der Waals surface area contributed by atoms with E-state index in [1.165, 1.54) is 24.3 Å².